The first-order chi connectivity index (χ1) is 23.8. The molecule has 0 spiro atoms. The molecule has 0 aromatic heterocycles. The molecule has 0 bridgehead atoms. The van der Waals surface area contributed by atoms with Gasteiger partial charge in [0.1, 0.15) is 0 Å². The van der Waals surface area contributed by atoms with Crippen LogP contribution in [0.15, 0.2) is 200 Å². The van der Waals surface area contributed by atoms with E-state index >= 15 is 0 Å². The van der Waals surface area contributed by atoms with Crippen molar-refractivity contribution in [3.63, 3.8) is 0 Å². The second-order valence-electron chi connectivity index (χ2n) is 12.5. The fraction of sp³-hybridized carbons (Fsp3) is 0.0213. The predicted molar refractivity (Wildman–Crippen MR) is 201 cm³/mol. The van der Waals surface area contributed by atoms with Gasteiger partial charge < -0.3 is 4.90 Å². The van der Waals surface area contributed by atoms with E-state index in [0.717, 1.165) is 17.1 Å². The Balaban J connectivity index is 1.12. The molecule has 0 heterocycles. The molecular formula is C47H33N. The zero-order chi connectivity index (χ0) is 31.9. The van der Waals surface area contributed by atoms with Crippen molar-refractivity contribution in [1.29, 1.82) is 0 Å². The molecule has 226 valence electrons. The van der Waals surface area contributed by atoms with E-state index in [0.29, 0.717) is 0 Å². The Morgan fingerprint density at radius 3 is 1.42 bits per heavy atom. The molecule has 9 rings (SSSR count). The average molecular weight is 612 g/mol. The lowest BCUT2D eigenvalue weighted by Crippen LogP contribution is -2.28. The van der Waals surface area contributed by atoms with Gasteiger partial charge in [0.15, 0.2) is 0 Å². The van der Waals surface area contributed by atoms with Gasteiger partial charge in [-0.1, -0.05) is 164 Å². The maximum Gasteiger partial charge on any atom is 0.0713 e. The summed E-state index contributed by atoms with van der Waals surface area (Å²) in [6.07, 6.45) is 0. The molecule has 0 atom stereocenters. The maximum absolute atomic E-state index is 2.33. The first kappa shape index (κ1) is 28.1. The lowest BCUT2D eigenvalue weighted by atomic mass is 9.67. The Bertz CT molecular complexity index is 2330. The summed E-state index contributed by atoms with van der Waals surface area (Å²) in [6, 6.07) is 72.8. The molecule has 0 saturated heterocycles. The van der Waals surface area contributed by atoms with Crippen molar-refractivity contribution in [1.82, 2.24) is 0 Å². The van der Waals surface area contributed by atoms with Crippen LogP contribution in [0.1, 0.15) is 22.3 Å². The van der Waals surface area contributed by atoms with E-state index in [1.54, 1.807) is 0 Å². The number of benzene rings is 8. The van der Waals surface area contributed by atoms with Crippen LogP contribution in [-0.4, -0.2) is 0 Å². The molecule has 1 heteroatoms. The standard InChI is InChI=1S/C47H33N/c1-3-15-38(16-4-1)47(45-21-11-9-19-43(45)44-20-10-12-22-46(44)47)39-28-23-35(24-29-39)36-25-30-41(31-26-36)48(40-17-5-2-6-18-40)42-32-27-34-13-7-8-14-37(34)33-42/h1-33H. The normalized spacial score (nSPS) is 12.8. The topological polar surface area (TPSA) is 3.24 Å². The van der Waals surface area contributed by atoms with Gasteiger partial charge in [0, 0.05) is 17.1 Å². The molecule has 0 aliphatic heterocycles. The lowest BCUT2D eigenvalue weighted by molar-refractivity contribution is 0.768. The minimum atomic E-state index is -0.382. The Labute approximate surface area is 282 Å². The van der Waals surface area contributed by atoms with Crippen LogP contribution in [0, 0.1) is 0 Å². The predicted octanol–water partition coefficient (Wildman–Crippen LogP) is 12.3. The van der Waals surface area contributed by atoms with Gasteiger partial charge in [-0.05, 0) is 91.7 Å². The highest BCUT2D eigenvalue weighted by Crippen LogP contribution is 2.56. The van der Waals surface area contributed by atoms with Crippen LogP contribution < -0.4 is 4.90 Å². The molecule has 1 aliphatic rings. The summed E-state index contributed by atoms with van der Waals surface area (Å²) in [5.41, 5.74) is 13.3. The Kier molecular flexibility index (Phi) is 6.76. The van der Waals surface area contributed by atoms with E-state index in [4.69, 9.17) is 0 Å². The van der Waals surface area contributed by atoms with Gasteiger partial charge >= 0.3 is 0 Å². The van der Waals surface area contributed by atoms with Gasteiger partial charge in [0.25, 0.3) is 0 Å². The van der Waals surface area contributed by atoms with Gasteiger partial charge in [-0.2, -0.15) is 0 Å². The largest absolute Gasteiger partial charge is 0.310 e. The summed E-state index contributed by atoms with van der Waals surface area (Å²) >= 11 is 0. The van der Waals surface area contributed by atoms with E-state index in [1.807, 2.05) is 0 Å². The van der Waals surface area contributed by atoms with Gasteiger partial charge in [0.2, 0.25) is 0 Å². The van der Waals surface area contributed by atoms with Crippen LogP contribution in [0.25, 0.3) is 33.0 Å². The Morgan fingerprint density at radius 2 is 0.771 bits per heavy atom. The summed E-state index contributed by atoms with van der Waals surface area (Å²) < 4.78 is 0. The Morgan fingerprint density at radius 1 is 0.312 bits per heavy atom. The van der Waals surface area contributed by atoms with E-state index in [2.05, 4.69) is 205 Å². The minimum absolute atomic E-state index is 0.382. The molecule has 8 aromatic rings. The summed E-state index contributed by atoms with van der Waals surface area (Å²) in [7, 11) is 0. The summed E-state index contributed by atoms with van der Waals surface area (Å²) in [5, 5.41) is 2.47. The summed E-state index contributed by atoms with van der Waals surface area (Å²) in [6.45, 7) is 0. The molecule has 0 radical (unpaired) electrons. The molecule has 0 saturated carbocycles. The summed E-state index contributed by atoms with van der Waals surface area (Å²) in [5.74, 6) is 0. The highest BCUT2D eigenvalue weighted by atomic mass is 15.1. The van der Waals surface area contributed by atoms with E-state index in [1.165, 1.54) is 55.3 Å². The van der Waals surface area contributed by atoms with Gasteiger partial charge in [-0.25, -0.2) is 0 Å². The quantitative estimate of drug-likeness (QED) is 0.181. The second kappa shape index (κ2) is 11.6. The first-order valence-electron chi connectivity index (χ1n) is 16.6. The van der Waals surface area contributed by atoms with E-state index in [-0.39, 0.29) is 5.41 Å². The van der Waals surface area contributed by atoms with Crippen LogP contribution in [0.2, 0.25) is 0 Å². The molecule has 8 aromatic carbocycles. The van der Waals surface area contributed by atoms with Crippen LogP contribution in [-0.2, 0) is 5.41 Å². The second-order valence-corrected chi connectivity index (χ2v) is 12.5. The number of nitrogens with zero attached hydrogens (tertiary/aromatic N) is 1. The SMILES string of the molecule is c1ccc(N(c2ccc(-c3ccc(C4(c5ccccc5)c5ccccc5-c5ccccc54)cc3)cc2)c2ccc3ccccc3c2)cc1. The first-order valence-corrected chi connectivity index (χ1v) is 16.6. The minimum Gasteiger partial charge on any atom is -0.310 e. The number of para-hydroxylation sites is 1. The average Bonchev–Trinajstić information content (AvgIpc) is 3.47. The number of hydrogen-bond acceptors (Lipinski definition) is 1. The van der Waals surface area contributed by atoms with Crippen LogP contribution in [0.4, 0.5) is 17.1 Å². The van der Waals surface area contributed by atoms with Crippen molar-refractivity contribution in [3.05, 3.63) is 222 Å². The molecule has 0 unspecified atom stereocenters. The number of rotatable bonds is 6. The molecular weight excluding hydrogens is 579 g/mol. The molecule has 0 amide bonds. The molecule has 0 N–H and O–H groups in total. The van der Waals surface area contributed by atoms with Crippen molar-refractivity contribution in [2.24, 2.45) is 0 Å². The van der Waals surface area contributed by atoms with Crippen LogP contribution >= 0.6 is 0 Å². The van der Waals surface area contributed by atoms with Gasteiger partial charge in [-0.3, -0.25) is 0 Å². The maximum atomic E-state index is 2.33. The fourth-order valence-electron chi connectivity index (χ4n) is 7.77. The lowest BCUT2D eigenvalue weighted by Gasteiger charge is -2.34. The van der Waals surface area contributed by atoms with Crippen molar-refractivity contribution in [2.75, 3.05) is 4.90 Å². The van der Waals surface area contributed by atoms with Crippen LogP contribution in [0.5, 0.6) is 0 Å². The van der Waals surface area contributed by atoms with E-state index in [9.17, 15) is 0 Å². The molecule has 48 heavy (non-hydrogen) atoms. The molecule has 0 fully saturated rings. The number of anilines is 3. The van der Waals surface area contributed by atoms with Crippen molar-refractivity contribution in [2.45, 2.75) is 5.41 Å². The van der Waals surface area contributed by atoms with E-state index < -0.39 is 0 Å². The fourth-order valence-corrected chi connectivity index (χ4v) is 7.77. The third kappa shape index (κ3) is 4.47. The third-order valence-corrected chi connectivity index (χ3v) is 9.94. The van der Waals surface area contributed by atoms with Gasteiger partial charge in [-0.15, -0.1) is 0 Å². The summed E-state index contributed by atoms with van der Waals surface area (Å²) in [4.78, 5) is 2.33. The molecule has 1 aliphatic carbocycles. The highest BCUT2D eigenvalue weighted by molar-refractivity contribution is 5.90. The number of hydrogen-bond donors (Lipinski definition) is 0. The smallest absolute Gasteiger partial charge is 0.0713 e. The monoisotopic (exact) mass is 611 g/mol. The number of fused-ring (bicyclic) bond motifs is 4. The molecule has 1 nitrogen and oxygen atoms in total. The highest BCUT2D eigenvalue weighted by Gasteiger charge is 2.45. The zero-order valence-corrected chi connectivity index (χ0v) is 26.5. The van der Waals surface area contributed by atoms with Crippen molar-refractivity contribution < 1.29 is 0 Å². The van der Waals surface area contributed by atoms with Gasteiger partial charge in [0.05, 0.1) is 5.41 Å². The Hall–Kier alpha value is -6.18. The van der Waals surface area contributed by atoms with Crippen molar-refractivity contribution in [3.8, 4) is 22.3 Å². The van der Waals surface area contributed by atoms with Crippen LogP contribution in [0.3, 0.4) is 0 Å². The van der Waals surface area contributed by atoms with Crippen molar-refractivity contribution >= 4 is 27.8 Å². The third-order valence-electron chi connectivity index (χ3n) is 9.94. The zero-order valence-electron chi connectivity index (χ0n) is 26.5.